The Kier molecular flexibility index (Phi) is 6.08. The fraction of sp³-hybridized carbons (Fsp3) is 0.200. The van der Waals surface area contributed by atoms with Gasteiger partial charge in [0.05, 0.1) is 0 Å². The second-order valence-electron chi connectivity index (χ2n) is 7.99. The van der Waals surface area contributed by atoms with Crippen molar-refractivity contribution in [2.24, 2.45) is 0 Å². The Hall–Kier alpha value is -4.04. The molecule has 3 heterocycles. The molecule has 0 spiro atoms. The number of nitrogens with zero attached hydrogens (tertiary/aromatic N) is 6. The molecule has 1 amide bonds. The maximum atomic E-state index is 12.7. The van der Waals surface area contributed by atoms with Crippen molar-refractivity contribution in [3.63, 3.8) is 0 Å². The number of amides is 1. The molecule has 0 radical (unpaired) electrons. The molecule has 0 saturated carbocycles. The van der Waals surface area contributed by atoms with Gasteiger partial charge < -0.3 is 10.2 Å². The predicted octanol–water partition coefficient (Wildman–Crippen LogP) is 3.24. The lowest BCUT2D eigenvalue weighted by Crippen LogP contribution is -2.45. The highest BCUT2D eigenvalue weighted by molar-refractivity contribution is 6.04. The van der Waals surface area contributed by atoms with Gasteiger partial charge in [-0.2, -0.15) is 5.10 Å². The lowest BCUT2D eigenvalue weighted by molar-refractivity contribution is 0.102. The van der Waals surface area contributed by atoms with Gasteiger partial charge in [-0.1, -0.05) is 30.3 Å². The number of nitrogens with one attached hydrogen (secondary N) is 1. The summed E-state index contributed by atoms with van der Waals surface area (Å²) in [5.41, 5.74) is 3.79. The van der Waals surface area contributed by atoms with Crippen LogP contribution in [-0.4, -0.2) is 56.7 Å². The van der Waals surface area contributed by atoms with E-state index in [0.717, 1.165) is 38.4 Å². The summed E-state index contributed by atoms with van der Waals surface area (Å²) in [4.78, 5) is 25.7. The van der Waals surface area contributed by atoms with Crippen LogP contribution < -0.4 is 10.2 Å². The van der Waals surface area contributed by atoms with Crippen LogP contribution in [-0.2, 0) is 6.54 Å². The molecule has 1 aliphatic heterocycles. The average molecular weight is 440 g/mol. The van der Waals surface area contributed by atoms with Crippen molar-refractivity contribution in [3.05, 3.63) is 96.7 Å². The van der Waals surface area contributed by atoms with E-state index >= 15 is 0 Å². The maximum Gasteiger partial charge on any atom is 0.255 e. The normalized spacial score (nSPS) is 14.2. The van der Waals surface area contributed by atoms with Crippen LogP contribution in [0.1, 0.15) is 15.9 Å². The van der Waals surface area contributed by atoms with Gasteiger partial charge in [0.2, 0.25) is 0 Å². The van der Waals surface area contributed by atoms with Gasteiger partial charge >= 0.3 is 0 Å². The summed E-state index contributed by atoms with van der Waals surface area (Å²) in [7, 11) is 0. The Morgan fingerprint density at radius 3 is 2.45 bits per heavy atom. The Balaban J connectivity index is 1.17. The number of aromatic nitrogens is 4. The second kappa shape index (κ2) is 9.62. The smallest absolute Gasteiger partial charge is 0.255 e. The third kappa shape index (κ3) is 5.07. The molecule has 2 aromatic heterocycles. The van der Waals surface area contributed by atoms with Crippen LogP contribution in [0.15, 0.2) is 85.6 Å². The number of hydrogen-bond donors (Lipinski definition) is 1. The van der Waals surface area contributed by atoms with E-state index in [0.29, 0.717) is 11.4 Å². The van der Waals surface area contributed by atoms with Crippen LogP contribution >= 0.6 is 0 Å². The molecule has 1 fully saturated rings. The minimum atomic E-state index is -0.193. The average Bonchev–Trinajstić information content (AvgIpc) is 3.41. The summed E-state index contributed by atoms with van der Waals surface area (Å²) < 4.78 is 1.52. The molecule has 8 nitrogen and oxygen atoms in total. The van der Waals surface area contributed by atoms with Gasteiger partial charge in [0.1, 0.15) is 12.7 Å². The first-order valence-corrected chi connectivity index (χ1v) is 11.0. The molecule has 8 heteroatoms. The zero-order valence-corrected chi connectivity index (χ0v) is 18.2. The highest BCUT2D eigenvalue weighted by atomic mass is 16.1. The third-order valence-corrected chi connectivity index (χ3v) is 5.77. The van der Waals surface area contributed by atoms with Crippen molar-refractivity contribution in [2.45, 2.75) is 6.54 Å². The standard InChI is InChI=1S/C25H25N7O/c33-25(21-10-11-27-24(16-21)32-19-26-18-28-32)29-22-6-8-23(9-7-22)31-14-12-30(13-15-31)17-20-4-2-1-3-5-20/h1-11,16,18-19H,12-15,17H2,(H,29,33). The molecule has 33 heavy (non-hydrogen) atoms. The van der Waals surface area contributed by atoms with Crippen LogP contribution in [0.2, 0.25) is 0 Å². The van der Waals surface area contributed by atoms with Gasteiger partial charge in [-0.15, -0.1) is 0 Å². The van der Waals surface area contributed by atoms with Crippen molar-refractivity contribution in [3.8, 4) is 5.82 Å². The Morgan fingerprint density at radius 1 is 0.939 bits per heavy atom. The van der Waals surface area contributed by atoms with E-state index in [-0.39, 0.29) is 5.91 Å². The van der Waals surface area contributed by atoms with E-state index < -0.39 is 0 Å². The minimum Gasteiger partial charge on any atom is -0.369 e. The molecule has 4 aromatic rings. The van der Waals surface area contributed by atoms with Crippen molar-refractivity contribution in [1.82, 2.24) is 24.6 Å². The molecular weight excluding hydrogens is 414 g/mol. The predicted molar refractivity (Wildman–Crippen MR) is 127 cm³/mol. The first-order valence-electron chi connectivity index (χ1n) is 11.0. The number of anilines is 2. The quantitative estimate of drug-likeness (QED) is 0.497. The lowest BCUT2D eigenvalue weighted by atomic mass is 10.2. The molecule has 166 valence electrons. The monoisotopic (exact) mass is 439 g/mol. The van der Waals surface area contributed by atoms with E-state index in [9.17, 15) is 4.79 Å². The van der Waals surface area contributed by atoms with Crippen LogP contribution in [0.25, 0.3) is 5.82 Å². The molecule has 0 aliphatic carbocycles. The molecular formula is C25H25N7O. The number of piperazine rings is 1. The maximum absolute atomic E-state index is 12.7. The molecule has 0 atom stereocenters. The van der Waals surface area contributed by atoms with Gasteiger partial charge in [0.25, 0.3) is 5.91 Å². The minimum absolute atomic E-state index is 0.193. The van der Waals surface area contributed by atoms with Crippen LogP contribution in [0.5, 0.6) is 0 Å². The molecule has 2 aromatic carbocycles. The topological polar surface area (TPSA) is 79.2 Å². The fourth-order valence-electron chi connectivity index (χ4n) is 3.98. The lowest BCUT2D eigenvalue weighted by Gasteiger charge is -2.36. The van der Waals surface area contributed by atoms with E-state index in [2.05, 4.69) is 72.6 Å². The highest BCUT2D eigenvalue weighted by Gasteiger charge is 2.17. The van der Waals surface area contributed by atoms with Crippen molar-refractivity contribution < 1.29 is 4.79 Å². The second-order valence-corrected chi connectivity index (χ2v) is 7.99. The van der Waals surface area contributed by atoms with Gasteiger partial charge in [0.15, 0.2) is 5.82 Å². The number of benzene rings is 2. The zero-order valence-electron chi connectivity index (χ0n) is 18.2. The zero-order chi connectivity index (χ0) is 22.5. The third-order valence-electron chi connectivity index (χ3n) is 5.77. The number of hydrogen-bond acceptors (Lipinski definition) is 6. The molecule has 1 aliphatic rings. The van der Waals surface area contributed by atoms with Gasteiger partial charge in [0, 0.05) is 55.9 Å². The molecule has 0 bridgehead atoms. The number of carbonyl (C=O) groups excluding carboxylic acids is 1. The summed E-state index contributed by atoms with van der Waals surface area (Å²) in [6.45, 7) is 5.03. The first-order chi connectivity index (χ1) is 16.2. The van der Waals surface area contributed by atoms with Crippen molar-refractivity contribution >= 4 is 17.3 Å². The van der Waals surface area contributed by atoms with E-state index in [1.807, 2.05) is 12.1 Å². The Bertz CT molecular complexity index is 1190. The summed E-state index contributed by atoms with van der Waals surface area (Å²) in [5.74, 6) is 0.350. The number of pyridine rings is 1. The van der Waals surface area contributed by atoms with Crippen LogP contribution in [0, 0.1) is 0 Å². The number of rotatable bonds is 6. The molecule has 0 unspecified atom stereocenters. The largest absolute Gasteiger partial charge is 0.369 e. The molecule has 5 rings (SSSR count). The van der Waals surface area contributed by atoms with E-state index in [1.165, 1.54) is 22.3 Å². The van der Waals surface area contributed by atoms with E-state index in [1.54, 1.807) is 24.7 Å². The van der Waals surface area contributed by atoms with Gasteiger partial charge in [-0.3, -0.25) is 9.69 Å². The Morgan fingerprint density at radius 2 is 1.73 bits per heavy atom. The van der Waals surface area contributed by atoms with Crippen LogP contribution in [0.3, 0.4) is 0 Å². The SMILES string of the molecule is O=C(Nc1ccc(N2CCN(Cc3ccccc3)CC2)cc1)c1ccnc(-n2cncn2)c1. The van der Waals surface area contributed by atoms with E-state index in [4.69, 9.17) is 0 Å². The van der Waals surface area contributed by atoms with Crippen molar-refractivity contribution in [2.75, 3.05) is 36.4 Å². The first kappa shape index (κ1) is 20.8. The highest BCUT2D eigenvalue weighted by Crippen LogP contribution is 2.21. The molecule has 1 saturated heterocycles. The van der Waals surface area contributed by atoms with Gasteiger partial charge in [-0.25, -0.2) is 14.6 Å². The van der Waals surface area contributed by atoms with Gasteiger partial charge in [-0.05, 0) is 42.0 Å². The fourth-order valence-corrected chi connectivity index (χ4v) is 3.98. The summed E-state index contributed by atoms with van der Waals surface area (Å²) in [5, 5.41) is 7.01. The summed E-state index contributed by atoms with van der Waals surface area (Å²) in [6, 6.07) is 22.0. The molecule has 1 N–H and O–H groups in total. The van der Waals surface area contributed by atoms with Crippen LogP contribution in [0.4, 0.5) is 11.4 Å². The Labute approximate surface area is 192 Å². The summed E-state index contributed by atoms with van der Waals surface area (Å²) in [6.07, 6.45) is 4.57. The number of carbonyl (C=O) groups is 1. The summed E-state index contributed by atoms with van der Waals surface area (Å²) >= 11 is 0. The van der Waals surface area contributed by atoms with Crippen molar-refractivity contribution in [1.29, 1.82) is 0 Å².